The van der Waals surface area contributed by atoms with Crippen molar-refractivity contribution in [2.24, 2.45) is 0 Å². The zero-order valence-corrected chi connectivity index (χ0v) is 14.2. The van der Waals surface area contributed by atoms with Crippen LogP contribution in [0.1, 0.15) is 52.5 Å². The van der Waals surface area contributed by atoms with Gasteiger partial charge in [0.05, 0.1) is 11.2 Å². The lowest BCUT2D eigenvalue weighted by atomic mass is 9.60. The first-order chi connectivity index (χ1) is 10.3. The Kier molecular flexibility index (Phi) is 4.13. The van der Waals surface area contributed by atoms with Crippen LogP contribution in [0, 0.1) is 0 Å². The van der Waals surface area contributed by atoms with Crippen LogP contribution in [0.4, 0.5) is 0 Å². The van der Waals surface area contributed by atoms with E-state index in [-0.39, 0.29) is 23.8 Å². The molecule has 2 fully saturated rings. The lowest BCUT2D eigenvalue weighted by Crippen LogP contribution is -2.54. The van der Waals surface area contributed by atoms with E-state index < -0.39 is 0 Å². The standard InChI is InChI=1S/C18H27BO3/c1-16(2)17(3,4)22-19(21-16)18(12-8-9-13-20-18)14-15-10-6-5-7-11-15/h5-7,10-11H,8-9,12-14H2,1-4H3/t18-/m1/s1. The van der Waals surface area contributed by atoms with E-state index in [4.69, 9.17) is 14.0 Å². The lowest BCUT2D eigenvalue weighted by molar-refractivity contribution is -0.0449. The third-order valence-electron chi connectivity index (χ3n) is 5.41. The van der Waals surface area contributed by atoms with E-state index in [1.165, 1.54) is 5.56 Å². The fourth-order valence-electron chi connectivity index (χ4n) is 3.28. The Morgan fingerprint density at radius 2 is 1.59 bits per heavy atom. The molecular formula is C18H27BO3. The van der Waals surface area contributed by atoms with Gasteiger partial charge in [-0.1, -0.05) is 30.3 Å². The van der Waals surface area contributed by atoms with Crippen LogP contribution in [0.3, 0.4) is 0 Å². The lowest BCUT2D eigenvalue weighted by Gasteiger charge is -2.38. The molecule has 0 aliphatic carbocycles. The molecule has 1 atom stereocenters. The maximum Gasteiger partial charge on any atom is 0.492 e. The molecule has 0 spiro atoms. The molecule has 1 aromatic rings. The summed E-state index contributed by atoms with van der Waals surface area (Å²) in [7, 11) is -0.307. The molecule has 22 heavy (non-hydrogen) atoms. The van der Waals surface area contributed by atoms with Crippen molar-refractivity contribution in [2.45, 2.75) is 70.1 Å². The SMILES string of the molecule is CC1(C)OB([C@]2(Cc3ccccc3)CCCCO2)OC1(C)C. The van der Waals surface area contributed by atoms with E-state index in [1.54, 1.807) is 0 Å². The molecular weight excluding hydrogens is 275 g/mol. The minimum Gasteiger partial charge on any atom is -0.401 e. The Bertz CT molecular complexity index is 490. The molecule has 3 rings (SSSR count). The molecule has 2 aliphatic heterocycles. The summed E-state index contributed by atoms with van der Waals surface area (Å²) in [5.41, 5.74) is 0.272. The topological polar surface area (TPSA) is 27.7 Å². The van der Waals surface area contributed by atoms with E-state index in [0.29, 0.717) is 0 Å². The van der Waals surface area contributed by atoms with Gasteiger partial charge in [-0.3, -0.25) is 0 Å². The Morgan fingerprint density at radius 1 is 0.955 bits per heavy atom. The van der Waals surface area contributed by atoms with Gasteiger partial charge in [0.1, 0.15) is 5.50 Å². The monoisotopic (exact) mass is 302 g/mol. The number of benzene rings is 1. The highest BCUT2D eigenvalue weighted by atomic mass is 16.7. The Balaban J connectivity index is 1.87. The fraction of sp³-hybridized carbons (Fsp3) is 0.667. The summed E-state index contributed by atoms with van der Waals surface area (Å²) in [5, 5.41) is 0. The maximum atomic E-state index is 6.33. The van der Waals surface area contributed by atoms with E-state index >= 15 is 0 Å². The molecule has 0 aromatic heterocycles. The minimum atomic E-state index is -0.370. The second-order valence-electron chi connectivity index (χ2n) is 7.62. The molecule has 2 saturated heterocycles. The van der Waals surface area contributed by atoms with E-state index in [2.05, 4.69) is 52.0 Å². The molecule has 0 unspecified atom stereocenters. The number of ether oxygens (including phenoxy) is 1. The zero-order chi connectivity index (χ0) is 15.8. The first-order valence-corrected chi connectivity index (χ1v) is 8.38. The molecule has 1 aromatic carbocycles. The van der Waals surface area contributed by atoms with Crippen LogP contribution in [0.15, 0.2) is 30.3 Å². The van der Waals surface area contributed by atoms with E-state index in [1.807, 2.05) is 6.07 Å². The van der Waals surface area contributed by atoms with Gasteiger partial charge in [0, 0.05) is 6.61 Å². The van der Waals surface area contributed by atoms with Crippen LogP contribution in [0.2, 0.25) is 0 Å². The summed E-state index contributed by atoms with van der Waals surface area (Å²) in [6.45, 7) is 9.20. The van der Waals surface area contributed by atoms with Crippen LogP contribution in [-0.2, 0) is 20.5 Å². The van der Waals surface area contributed by atoms with Crippen LogP contribution < -0.4 is 0 Å². The highest BCUT2D eigenvalue weighted by Crippen LogP contribution is 2.44. The van der Waals surface area contributed by atoms with Gasteiger partial charge in [-0.2, -0.15) is 0 Å². The quantitative estimate of drug-likeness (QED) is 0.795. The van der Waals surface area contributed by atoms with Gasteiger partial charge in [0.15, 0.2) is 0 Å². The van der Waals surface area contributed by atoms with Gasteiger partial charge in [0.2, 0.25) is 0 Å². The summed E-state index contributed by atoms with van der Waals surface area (Å²) >= 11 is 0. The first-order valence-electron chi connectivity index (χ1n) is 8.38. The molecule has 0 N–H and O–H groups in total. The highest BCUT2D eigenvalue weighted by Gasteiger charge is 2.60. The molecule has 2 aliphatic rings. The molecule has 0 amide bonds. The Hall–Kier alpha value is -0.835. The molecule has 0 radical (unpaired) electrons. The fourth-order valence-corrected chi connectivity index (χ4v) is 3.28. The number of hydrogen-bond acceptors (Lipinski definition) is 3. The predicted molar refractivity (Wildman–Crippen MR) is 88.8 cm³/mol. The second-order valence-corrected chi connectivity index (χ2v) is 7.62. The maximum absolute atomic E-state index is 6.33. The van der Waals surface area contributed by atoms with Crippen molar-refractivity contribution in [2.75, 3.05) is 6.61 Å². The Morgan fingerprint density at radius 3 is 2.14 bits per heavy atom. The predicted octanol–water partition coefficient (Wildman–Crippen LogP) is 3.80. The van der Waals surface area contributed by atoms with E-state index in [0.717, 1.165) is 32.3 Å². The van der Waals surface area contributed by atoms with Crippen molar-refractivity contribution in [1.82, 2.24) is 0 Å². The molecule has 0 bridgehead atoms. The third-order valence-corrected chi connectivity index (χ3v) is 5.41. The average molecular weight is 302 g/mol. The molecule has 2 heterocycles. The Labute approximate surface area is 134 Å². The summed E-state index contributed by atoms with van der Waals surface area (Å²) in [4.78, 5) is 0. The second kappa shape index (κ2) is 5.66. The van der Waals surface area contributed by atoms with Crippen molar-refractivity contribution >= 4 is 7.12 Å². The highest BCUT2D eigenvalue weighted by molar-refractivity contribution is 6.49. The van der Waals surface area contributed by atoms with Crippen LogP contribution >= 0.6 is 0 Å². The molecule has 0 saturated carbocycles. The van der Waals surface area contributed by atoms with Crippen LogP contribution in [-0.4, -0.2) is 30.4 Å². The van der Waals surface area contributed by atoms with Gasteiger partial charge in [0.25, 0.3) is 0 Å². The number of hydrogen-bond donors (Lipinski definition) is 0. The summed E-state index contributed by atoms with van der Waals surface area (Å²) in [5.74, 6) is 0. The van der Waals surface area contributed by atoms with Gasteiger partial charge in [-0.15, -0.1) is 0 Å². The van der Waals surface area contributed by atoms with Gasteiger partial charge in [-0.25, -0.2) is 0 Å². The van der Waals surface area contributed by atoms with E-state index in [9.17, 15) is 0 Å². The smallest absolute Gasteiger partial charge is 0.401 e. The molecule has 4 heteroatoms. The number of rotatable bonds is 3. The third kappa shape index (κ3) is 2.84. The normalized spacial score (nSPS) is 30.5. The summed E-state index contributed by atoms with van der Waals surface area (Å²) in [6, 6.07) is 10.5. The van der Waals surface area contributed by atoms with Crippen molar-refractivity contribution in [3.8, 4) is 0 Å². The van der Waals surface area contributed by atoms with Crippen LogP contribution in [0.5, 0.6) is 0 Å². The van der Waals surface area contributed by atoms with Gasteiger partial charge < -0.3 is 14.0 Å². The zero-order valence-electron chi connectivity index (χ0n) is 14.2. The van der Waals surface area contributed by atoms with Crippen molar-refractivity contribution in [3.63, 3.8) is 0 Å². The summed E-state index contributed by atoms with van der Waals surface area (Å²) in [6.07, 6.45) is 4.11. The first kappa shape index (κ1) is 16.0. The van der Waals surface area contributed by atoms with Crippen molar-refractivity contribution < 1.29 is 14.0 Å². The average Bonchev–Trinajstić information content (AvgIpc) is 2.70. The van der Waals surface area contributed by atoms with Gasteiger partial charge in [-0.05, 0) is 58.9 Å². The molecule has 120 valence electrons. The minimum absolute atomic E-state index is 0.307. The van der Waals surface area contributed by atoms with Crippen molar-refractivity contribution in [3.05, 3.63) is 35.9 Å². The van der Waals surface area contributed by atoms with Gasteiger partial charge >= 0.3 is 7.12 Å². The largest absolute Gasteiger partial charge is 0.492 e. The van der Waals surface area contributed by atoms with Crippen LogP contribution in [0.25, 0.3) is 0 Å². The molecule has 3 nitrogen and oxygen atoms in total. The van der Waals surface area contributed by atoms with Crippen molar-refractivity contribution in [1.29, 1.82) is 0 Å². The summed E-state index contributed by atoms with van der Waals surface area (Å²) < 4.78 is 19.0.